The third-order valence-electron chi connectivity index (χ3n) is 5.60. The van der Waals surface area contributed by atoms with Crippen LogP contribution < -0.4 is 5.32 Å². The summed E-state index contributed by atoms with van der Waals surface area (Å²) in [5, 5.41) is 3.33. The molecule has 1 aliphatic carbocycles. The second-order valence-electron chi connectivity index (χ2n) is 7.32. The first-order chi connectivity index (χ1) is 11.8. The van der Waals surface area contributed by atoms with Crippen LogP contribution >= 0.6 is 0 Å². The lowest BCUT2D eigenvalue weighted by atomic mass is 9.81. The van der Waals surface area contributed by atoms with Crippen molar-refractivity contribution < 1.29 is 9.53 Å². The number of rotatable bonds is 6. The Kier molecular flexibility index (Phi) is 6.65. The first-order valence-electron chi connectivity index (χ1n) is 9.60. The number of nitrogens with one attached hydrogen (secondary N) is 1. The number of hydrogen-bond acceptors (Lipinski definition) is 3. The van der Waals surface area contributed by atoms with Crippen LogP contribution in [0.2, 0.25) is 0 Å². The molecular formula is C20H30N2O2. The molecule has 1 saturated heterocycles. The van der Waals surface area contributed by atoms with Gasteiger partial charge in [-0.25, -0.2) is 0 Å². The summed E-state index contributed by atoms with van der Waals surface area (Å²) in [4.78, 5) is 16.8. The Labute approximate surface area is 145 Å². The molecule has 1 aromatic heterocycles. The molecule has 2 heterocycles. The maximum atomic E-state index is 12.5. The maximum absolute atomic E-state index is 12.5. The quantitative estimate of drug-likeness (QED) is 0.857. The Morgan fingerprint density at radius 2 is 2.00 bits per heavy atom. The molecule has 1 atom stereocenters. The van der Waals surface area contributed by atoms with E-state index < -0.39 is 0 Å². The molecule has 4 heteroatoms. The highest BCUT2D eigenvalue weighted by atomic mass is 16.5. The fourth-order valence-corrected chi connectivity index (χ4v) is 4.12. The highest BCUT2D eigenvalue weighted by Crippen LogP contribution is 2.34. The van der Waals surface area contributed by atoms with E-state index in [1.54, 1.807) is 6.20 Å². The van der Waals surface area contributed by atoms with Gasteiger partial charge in [-0.05, 0) is 55.6 Å². The molecule has 2 aliphatic rings. The van der Waals surface area contributed by atoms with Gasteiger partial charge in [-0.3, -0.25) is 9.78 Å². The SMILES string of the molecule is O=C(CCC1CCOCC1)N[C@@H](c1cccnc1)C1CCCCC1. The predicted molar refractivity (Wildman–Crippen MR) is 94.5 cm³/mol. The van der Waals surface area contributed by atoms with E-state index in [9.17, 15) is 4.79 Å². The molecule has 1 saturated carbocycles. The molecule has 2 fully saturated rings. The molecule has 3 rings (SSSR count). The smallest absolute Gasteiger partial charge is 0.220 e. The Balaban J connectivity index is 1.57. The van der Waals surface area contributed by atoms with Crippen molar-refractivity contribution in [2.45, 2.75) is 63.8 Å². The van der Waals surface area contributed by atoms with Crippen molar-refractivity contribution >= 4 is 5.91 Å². The molecule has 132 valence electrons. The highest BCUT2D eigenvalue weighted by molar-refractivity contribution is 5.76. The van der Waals surface area contributed by atoms with Crippen LogP contribution in [0.25, 0.3) is 0 Å². The van der Waals surface area contributed by atoms with Crippen LogP contribution in [0.5, 0.6) is 0 Å². The molecule has 1 aliphatic heterocycles. The van der Waals surface area contributed by atoms with Crippen LogP contribution in [0, 0.1) is 11.8 Å². The third kappa shape index (κ3) is 5.04. The molecule has 1 N–H and O–H groups in total. The van der Waals surface area contributed by atoms with E-state index in [-0.39, 0.29) is 11.9 Å². The van der Waals surface area contributed by atoms with Gasteiger partial charge in [-0.2, -0.15) is 0 Å². The van der Waals surface area contributed by atoms with Crippen LogP contribution in [-0.4, -0.2) is 24.1 Å². The number of carbonyl (C=O) groups is 1. The average Bonchev–Trinajstić information content (AvgIpc) is 2.67. The molecule has 1 amide bonds. The zero-order valence-corrected chi connectivity index (χ0v) is 14.6. The summed E-state index contributed by atoms with van der Waals surface area (Å²) < 4.78 is 5.40. The van der Waals surface area contributed by atoms with E-state index in [1.165, 1.54) is 32.1 Å². The van der Waals surface area contributed by atoms with Crippen molar-refractivity contribution in [3.05, 3.63) is 30.1 Å². The second kappa shape index (κ2) is 9.16. The minimum Gasteiger partial charge on any atom is -0.381 e. The summed E-state index contributed by atoms with van der Waals surface area (Å²) >= 11 is 0. The largest absolute Gasteiger partial charge is 0.381 e. The Morgan fingerprint density at radius 1 is 1.21 bits per heavy atom. The number of hydrogen-bond donors (Lipinski definition) is 1. The molecule has 0 spiro atoms. The summed E-state index contributed by atoms with van der Waals surface area (Å²) in [6.07, 6.45) is 13.8. The molecule has 1 aromatic rings. The van der Waals surface area contributed by atoms with Crippen molar-refractivity contribution in [3.63, 3.8) is 0 Å². The zero-order chi connectivity index (χ0) is 16.6. The van der Waals surface area contributed by atoms with Gasteiger partial charge in [-0.1, -0.05) is 25.3 Å². The van der Waals surface area contributed by atoms with Gasteiger partial charge in [0.25, 0.3) is 0 Å². The monoisotopic (exact) mass is 330 g/mol. The van der Waals surface area contributed by atoms with Crippen molar-refractivity contribution in [2.75, 3.05) is 13.2 Å². The summed E-state index contributed by atoms with van der Waals surface area (Å²) in [7, 11) is 0. The van der Waals surface area contributed by atoms with E-state index in [0.717, 1.165) is 38.0 Å². The Hall–Kier alpha value is -1.42. The fraction of sp³-hybridized carbons (Fsp3) is 0.700. The third-order valence-corrected chi connectivity index (χ3v) is 5.60. The maximum Gasteiger partial charge on any atom is 0.220 e. The van der Waals surface area contributed by atoms with Gasteiger partial charge in [0.1, 0.15) is 0 Å². The van der Waals surface area contributed by atoms with Crippen molar-refractivity contribution in [1.29, 1.82) is 0 Å². The van der Waals surface area contributed by atoms with Crippen molar-refractivity contribution in [1.82, 2.24) is 10.3 Å². The van der Waals surface area contributed by atoms with Gasteiger partial charge in [0, 0.05) is 32.0 Å². The van der Waals surface area contributed by atoms with Gasteiger partial charge in [0.15, 0.2) is 0 Å². The summed E-state index contributed by atoms with van der Waals surface area (Å²) in [6.45, 7) is 1.71. The summed E-state index contributed by atoms with van der Waals surface area (Å²) in [6, 6.07) is 4.20. The number of aromatic nitrogens is 1. The topological polar surface area (TPSA) is 51.2 Å². The van der Waals surface area contributed by atoms with Crippen LogP contribution in [0.15, 0.2) is 24.5 Å². The second-order valence-corrected chi connectivity index (χ2v) is 7.32. The number of pyridine rings is 1. The van der Waals surface area contributed by atoms with E-state index in [1.807, 2.05) is 12.3 Å². The number of nitrogens with zero attached hydrogens (tertiary/aromatic N) is 1. The average molecular weight is 330 g/mol. The van der Waals surface area contributed by atoms with Gasteiger partial charge in [0.05, 0.1) is 6.04 Å². The standard InChI is InChI=1S/C20H30N2O2/c23-19(9-8-16-10-13-24-14-11-16)22-20(17-5-2-1-3-6-17)18-7-4-12-21-15-18/h4,7,12,15-17,20H,1-3,5-6,8-11,13-14H2,(H,22,23)/t20-/m1/s1. The van der Waals surface area contributed by atoms with E-state index in [0.29, 0.717) is 18.3 Å². The minimum absolute atomic E-state index is 0.126. The van der Waals surface area contributed by atoms with Gasteiger partial charge >= 0.3 is 0 Å². The number of amides is 1. The van der Waals surface area contributed by atoms with Crippen LogP contribution in [-0.2, 0) is 9.53 Å². The van der Waals surface area contributed by atoms with Crippen LogP contribution in [0.4, 0.5) is 0 Å². The lowest BCUT2D eigenvalue weighted by molar-refractivity contribution is -0.122. The normalized spacial score (nSPS) is 21.3. The number of ether oxygens (including phenoxy) is 1. The highest BCUT2D eigenvalue weighted by Gasteiger charge is 2.27. The lowest BCUT2D eigenvalue weighted by Crippen LogP contribution is -2.34. The molecule has 4 nitrogen and oxygen atoms in total. The van der Waals surface area contributed by atoms with Gasteiger partial charge < -0.3 is 10.1 Å². The predicted octanol–water partition coefficient (Wildman–Crippen LogP) is 4.03. The zero-order valence-electron chi connectivity index (χ0n) is 14.6. The van der Waals surface area contributed by atoms with Crippen molar-refractivity contribution in [3.8, 4) is 0 Å². The molecule has 0 radical (unpaired) electrons. The van der Waals surface area contributed by atoms with Crippen molar-refractivity contribution in [2.24, 2.45) is 11.8 Å². The first-order valence-corrected chi connectivity index (χ1v) is 9.60. The fourth-order valence-electron chi connectivity index (χ4n) is 4.12. The van der Waals surface area contributed by atoms with Gasteiger partial charge in [0.2, 0.25) is 5.91 Å². The molecule has 0 aromatic carbocycles. The molecule has 24 heavy (non-hydrogen) atoms. The van der Waals surface area contributed by atoms with E-state index in [4.69, 9.17) is 4.74 Å². The molecular weight excluding hydrogens is 300 g/mol. The first kappa shape index (κ1) is 17.4. The van der Waals surface area contributed by atoms with Crippen LogP contribution in [0.3, 0.4) is 0 Å². The lowest BCUT2D eigenvalue weighted by Gasteiger charge is -2.31. The Morgan fingerprint density at radius 3 is 2.71 bits per heavy atom. The number of carbonyl (C=O) groups excluding carboxylic acids is 1. The molecule has 0 unspecified atom stereocenters. The summed E-state index contributed by atoms with van der Waals surface area (Å²) in [5.41, 5.74) is 1.16. The van der Waals surface area contributed by atoms with E-state index in [2.05, 4.69) is 16.4 Å². The summed E-state index contributed by atoms with van der Waals surface area (Å²) in [5.74, 6) is 1.40. The Bertz CT molecular complexity index is 494. The molecule has 0 bridgehead atoms. The minimum atomic E-state index is 0.126. The van der Waals surface area contributed by atoms with Crippen LogP contribution in [0.1, 0.15) is 69.4 Å². The van der Waals surface area contributed by atoms with Gasteiger partial charge in [-0.15, -0.1) is 0 Å². The van der Waals surface area contributed by atoms with E-state index >= 15 is 0 Å².